The summed E-state index contributed by atoms with van der Waals surface area (Å²) in [6, 6.07) is 22.3. The van der Waals surface area contributed by atoms with E-state index < -0.39 is 11.9 Å². The van der Waals surface area contributed by atoms with Crippen molar-refractivity contribution in [2.45, 2.75) is 136 Å². The minimum Gasteiger partial charge on any atom is -0.482 e. The van der Waals surface area contributed by atoms with Gasteiger partial charge >= 0.3 is 11.9 Å². The van der Waals surface area contributed by atoms with E-state index in [2.05, 4.69) is 29.5 Å². The van der Waals surface area contributed by atoms with Gasteiger partial charge in [0.05, 0.1) is 11.1 Å². The number of aryl methyl sites for hydroxylation is 1. The third kappa shape index (κ3) is 16.5. The fraction of sp³-hybridized carbons (Fsp3) is 0.447. The van der Waals surface area contributed by atoms with E-state index in [4.69, 9.17) is 24.7 Å². The minimum atomic E-state index is -1.01. The lowest BCUT2D eigenvalue weighted by Crippen LogP contribution is -2.36. The van der Waals surface area contributed by atoms with Crippen LogP contribution in [-0.2, 0) is 16.0 Å². The summed E-state index contributed by atoms with van der Waals surface area (Å²) in [5.74, 6) is 1.43. The molecule has 0 spiro atoms. The van der Waals surface area contributed by atoms with Gasteiger partial charge in [-0.3, -0.25) is 14.4 Å². The Labute approximate surface area is 377 Å². The van der Waals surface area contributed by atoms with E-state index in [9.17, 15) is 19.2 Å². The summed E-state index contributed by atoms with van der Waals surface area (Å²) in [7, 11) is 0. The van der Waals surface area contributed by atoms with Crippen molar-refractivity contribution in [3.8, 4) is 17.4 Å². The molecule has 62 heavy (non-hydrogen) atoms. The lowest BCUT2D eigenvalue weighted by atomic mass is 9.95. The maximum atomic E-state index is 12.9. The molecule has 15 heteroatoms. The normalized spacial score (nSPS) is 14.2. The fourth-order valence-electron chi connectivity index (χ4n) is 6.91. The number of carboxylic acid groups (broad SMARTS) is 2. The second-order valence-electron chi connectivity index (χ2n) is 15.2. The Morgan fingerprint density at radius 3 is 1.71 bits per heavy atom. The Balaban J connectivity index is 0.000000234. The number of thioether (sulfide) groups is 2. The number of carboxylic acids is 2. The van der Waals surface area contributed by atoms with Crippen LogP contribution in [0.3, 0.4) is 0 Å². The maximum Gasteiger partial charge on any atom is 0.341 e. The molecule has 4 aromatic rings. The van der Waals surface area contributed by atoms with Crippen LogP contribution in [0.15, 0.2) is 92.8 Å². The highest BCUT2D eigenvalue weighted by atomic mass is 32.2. The van der Waals surface area contributed by atoms with Gasteiger partial charge in [-0.2, -0.15) is 0 Å². The highest BCUT2D eigenvalue weighted by Gasteiger charge is 2.22. The molecule has 2 aromatic carbocycles. The number of amides is 2. The van der Waals surface area contributed by atoms with Gasteiger partial charge in [-0.15, -0.1) is 23.5 Å². The Kier molecular flexibility index (Phi) is 20.3. The smallest absolute Gasteiger partial charge is 0.341 e. The van der Waals surface area contributed by atoms with Crippen molar-refractivity contribution in [2.24, 2.45) is 0 Å². The molecule has 2 aromatic heterocycles. The first-order chi connectivity index (χ1) is 30.1. The highest BCUT2D eigenvalue weighted by Crippen LogP contribution is 2.32. The number of carbonyl (C=O) groups is 4. The molecule has 332 valence electrons. The number of aliphatic carboxylic acids is 2. The van der Waals surface area contributed by atoms with Gasteiger partial charge in [0.1, 0.15) is 26.6 Å². The van der Waals surface area contributed by atoms with Crippen molar-refractivity contribution in [3.05, 3.63) is 89.5 Å². The van der Waals surface area contributed by atoms with Crippen molar-refractivity contribution in [1.29, 1.82) is 0 Å². The molecule has 4 N–H and O–H groups in total. The molecule has 2 aliphatic rings. The van der Waals surface area contributed by atoms with Gasteiger partial charge in [0, 0.05) is 29.5 Å². The van der Waals surface area contributed by atoms with Crippen molar-refractivity contribution in [3.63, 3.8) is 0 Å². The van der Waals surface area contributed by atoms with Gasteiger partial charge in [-0.25, -0.2) is 14.8 Å². The van der Waals surface area contributed by atoms with Crippen LogP contribution in [-0.4, -0.2) is 74.1 Å². The van der Waals surface area contributed by atoms with Crippen molar-refractivity contribution < 1.29 is 38.9 Å². The van der Waals surface area contributed by atoms with E-state index in [1.165, 1.54) is 50.3 Å². The molecule has 2 aliphatic carbocycles. The van der Waals surface area contributed by atoms with Crippen molar-refractivity contribution in [1.82, 2.24) is 20.6 Å². The summed E-state index contributed by atoms with van der Waals surface area (Å²) in [5.41, 5.74) is 2.18. The molecule has 0 aliphatic heterocycles. The molecule has 0 bridgehead atoms. The summed E-state index contributed by atoms with van der Waals surface area (Å²) in [5, 5.41) is 26.1. The topological polar surface area (TPSA) is 177 Å². The first-order valence-electron chi connectivity index (χ1n) is 21.6. The third-order valence-electron chi connectivity index (χ3n) is 10.1. The van der Waals surface area contributed by atoms with Gasteiger partial charge in [0.25, 0.3) is 11.8 Å². The predicted molar refractivity (Wildman–Crippen MR) is 245 cm³/mol. The minimum absolute atomic E-state index is 0.0329. The average Bonchev–Trinajstić information content (AvgIpc) is 3.28. The number of carbonyl (C=O) groups excluding carboxylic acids is 2. The molecule has 6 rings (SSSR count). The van der Waals surface area contributed by atoms with Crippen LogP contribution in [0.1, 0.15) is 124 Å². The number of benzene rings is 2. The van der Waals surface area contributed by atoms with Crippen molar-refractivity contribution in [2.75, 3.05) is 18.1 Å². The Morgan fingerprint density at radius 1 is 0.645 bits per heavy atom. The largest absolute Gasteiger partial charge is 0.482 e. The number of ether oxygens (including phenoxy) is 2. The van der Waals surface area contributed by atoms with Gasteiger partial charge < -0.3 is 30.3 Å². The molecule has 2 heterocycles. The number of hydrogen-bond acceptors (Lipinski definition) is 11. The van der Waals surface area contributed by atoms with E-state index in [-0.39, 0.29) is 36.9 Å². The first-order valence-corrected chi connectivity index (χ1v) is 24.4. The van der Waals surface area contributed by atoms with Gasteiger partial charge in [-0.1, -0.05) is 76.3 Å². The van der Waals surface area contributed by atoms with E-state index >= 15 is 0 Å². The predicted octanol–water partition coefficient (Wildman–Crippen LogP) is 10.7. The van der Waals surface area contributed by atoms with Crippen LogP contribution >= 0.6 is 35.3 Å². The van der Waals surface area contributed by atoms with Crippen LogP contribution in [0.25, 0.3) is 0 Å². The van der Waals surface area contributed by atoms with Crippen LogP contribution in [0.4, 0.5) is 0 Å². The third-order valence-corrected chi connectivity index (χ3v) is 13.4. The number of aromatic nitrogens is 2. The van der Waals surface area contributed by atoms with Gasteiger partial charge in [0.15, 0.2) is 6.61 Å². The van der Waals surface area contributed by atoms with Gasteiger partial charge in [-0.05, 0) is 117 Å². The summed E-state index contributed by atoms with van der Waals surface area (Å²) in [6.45, 7) is 3.85. The van der Waals surface area contributed by atoms with Crippen LogP contribution in [0, 0.1) is 0 Å². The summed E-state index contributed by atoms with van der Waals surface area (Å²) < 4.78 is 11.1. The molecule has 12 nitrogen and oxygen atoms in total. The SMILES string of the molecule is CCCSc1nc(Oc2ccc(CCC(=O)O)cc2)ccc1C(=O)NC1CCCCC1.CCCSc1nc(Sc2ccc(OCC(=O)O)cc2)ccc1C(=O)NC1CCCCC1. The molecule has 0 saturated heterocycles. The fourth-order valence-corrected chi connectivity index (χ4v) is 9.50. The highest BCUT2D eigenvalue weighted by molar-refractivity contribution is 8.00. The number of hydrogen-bond donors (Lipinski definition) is 4. The van der Waals surface area contributed by atoms with E-state index in [1.54, 1.807) is 59.9 Å². The number of nitrogens with zero attached hydrogens (tertiary/aromatic N) is 2. The van der Waals surface area contributed by atoms with E-state index in [0.29, 0.717) is 40.0 Å². The Bertz CT molecular complexity index is 1910. The standard InChI is InChI=1S/C24H30N2O4S.C23H28N2O4S2/c1-2-16-31-24-20(23(29)25-18-6-4-3-5-7-18)13-14-21(26-24)30-19-11-8-17(9-12-19)10-15-22(27)28;1-2-14-30-23-19(22(28)24-16-6-4-3-5-7-16)12-13-20(25-23)31-18-10-8-17(9-11-18)29-15-21(26)27/h8-9,11-14,18H,2-7,10,15-16H2,1H3,(H,25,29)(H,27,28);8-13,16H,2-7,14-15H2,1H3,(H,24,28)(H,26,27). The van der Waals surface area contributed by atoms with Crippen LogP contribution in [0.5, 0.6) is 17.4 Å². The summed E-state index contributed by atoms with van der Waals surface area (Å²) >= 11 is 4.68. The molecular formula is C47H58N4O8S3. The monoisotopic (exact) mass is 902 g/mol. The lowest BCUT2D eigenvalue weighted by molar-refractivity contribution is -0.139. The molecular weight excluding hydrogens is 845 g/mol. The zero-order valence-electron chi connectivity index (χ0n) is 35.6. The second kappa shape index (κ2) is 26.0. The quantitative estimate of drug-likeness (QED) is 0.0617. The second-order valence-corrected chi connectivity index (χ2v) is 18.5. The Morgan fingerprint density at radius 2 is 1.18 bits per heavy atom. The first kappa shape index (κ1) is 48.3. The van der Waals surface area contributed by atoms with Crippen molar-refractivity contribution >= 4 is 59.0 Å². The zero-order valence-corrected chi connectivity index (χ0v) is 38.0. The summed E-state index contributed by atoms with van der Waals surface area (Å²) in [6.07, 6.45) is 14.0. The lowest BCUT2D eigenvalue weighted by Gasteiger charge is -2.23. The number of rotatable bonds is 20. The average molecular weight is 903 g/mol. The summed E-state index contributed by atoms with van der Waals surface area (Å²) in [4.78, 5) is 57.4. The molecule has 2 saturated carbocycles. The van der Waals surface area contributed by atoms with Gasteiger partial charge in [0.2, 0.25) is 5.88 Å². The molecule has 2 fully saturated rings. The van der Waals surface area contributed by atoms with E-state index in [0.717, 1.165) is 70.5 Å². The zero-order chi connectivity index (χ0) is 44.1. The van der Waals surface area contributed by atoms with Crippen LogP contribution < -0.4 is 20.1 Å². The molecule has 0 atom stereocenters. The number of pyridine rings is 2. The molecule has 0 radical (unpaired) electrons. The van der Waals surface area contributed by atoms with Crippen LogP contribution in [0.2, 0.25) is 0 Å². The Hall–Kier alpha value is -4.73. The van der Waals surface area contributed by atoms with E-state index in [1.807, 2.05) is 36.4 Å². The molecule has 0 unspecified atom stereocenters. The molecule has 2 amide bonds. The number of nitrogens with one attached hydrogen (secondary N) is 2. The maximum absolute atomic E-state index is 12.9.